The average molecular weight is 521 g/mol. The van der Waals surface area contributed by atoms with E-state index in [0.717, 1.165) is 10.8 Å². The maximum atomic E-state index is 13.5. The highest BCUT2D eigenvalue weighted by Crippen LogP contribution is 2.44. The van der Waals surface area contributed by atoms with E-state index in [0.29, 0.717) is 33.1 Å². The van der Waals surface area contributed by atoms with Crippen LogP contribution in [0, 0.1) is 0 Å². The van der Waals surface area contributed by atoms with E-state index in [4.69, 9.17) is 9.15 Å². The summed E-state index contributed by atoms with van der Waals surface area (Å²) in [5, 5.41) is 3.41. The molecule has 0 aliphatic rings. The van der Waals surface area contributed by atoms with E-state index < -0.39 is 16.0 Å². The number of carbonyl (C=O) groups is 1. The molecule has 0 bridgehead atoms. The number of benzene rings is 5. The van der Waals surface area contributed by atoms with Crippen LogP contribution in [0.2, 0.25) is 0 Å². The van der Waals surface area contributed by atoms with Gasteiger partial charge in [0, 0.05) is 16.3 Å². The van der Waals surface area contributed by atoms with Gasteiger partial charge in [-0.05, 0) is 35.2 Å². The molecular weight excluding hydrogens is 498 g/mol. The predicted octanol–water partition coefficient (Wildman–Crippen LogP) is 7.98. The lowest BCUT2D eigenvalue weighted by Crippen LogP contribution is -2.05. The highest BCUT2D eigenvalue weighted by Gasteiger charge is 2.25. The number of ether oxygens (including phenoxy) is 1. The molecular formula is C31H22NO5S-. The Balaban J connectivity index is 1.57. The van der Waals surface area contributed by atoms with Gasteiger partial charge >= 0.3 is 5.97 Å². The number of esters is 1. The minimum Gasteiger partial charge on any atom is -0.572 e. The van der Waals surface area contributed by atoms with Crippen molar-refractivity contribution in [3.05, 3.63) is 113 Å². The topological polar surface area (TPSA) is 87.7 Å². The Morgan fingerprint density at radius 3 is 2.24 bits per heavy atom. The highest BCUT2D eigenvalue weighted by atomic mass is 32.2. The smallest absolute Gasteiger partial charge is 0.342 e. The van der Waals surface area contributed by atoms with Crippen LogP contribution in [0.4, 0.5) is 5.69 Å². The van der Waals surface area contributed by atoms with Crippen molar-refractivity contribution >= 4 is 54.2 Å². The number of hydrogen-bond donors (Lipinski definition) is 0. The summed E-state index contributed by atoms with van der Waals surface area (Å²) < 4.78 is 42.9. The molecule has 0 saturated heterocycles. The Labute approximate surface area is 219 Å². The monoisotopic (exact) mass is 520 g/mol. The van der Waals surface area contributed by atoms with Crippen molar-refractivity contribution < 1.29 is 22.4 Å². The molecule has 6 nitrogen and oxygen atoms in total. The van der Waals surface area contributed by atoms with Crippen LogP contribution in [0.25, 0.3) is 48.6 Å². The van der Waals surface area contributed by atoms with Gasteiger partial charge in [0.1, 0.15) is 26.9 Å². The standard InChI is InChI=1S/C31H22NO5S/c1-2-36-31(33)28-26-19-27(32-38(34,35)23-17-16-20-10-6-7-13-22(20)18-23)24-14-8-9-15-25(24)30(26)37-29(28)21-11-4-3-5-12-21/h3-19H,2H2,1H3/q-1. The molecule has 1 aromatic heterocycles. The zero-order valence-electron chi connectivity index (χ0n) is 20.4. The summed E-state index contributed by atoms with van der Waals surface area (Å²) in [4.78, 5) is 13.2. The van der Waals surface area contributed by atoms with E-state index in [9.17, 15) is 13.2 Å². The predicted molar refractivity (Wildman–Crippen MR) is 149 cm³/mol. The van der Waals surface area contributed by atoms with Crippen molar-refractivity contribution in [3.63, 3.8) is 0 Å². The lowest BCUT2D eigenvalue weighted by molar-refractivity contribution is 0.0528. The van der Waals surface area contributed by atoms with Crippen molar-refractivity contribution in [2.24, 2.45) is 0 Å². The summed E-state index contributed by atoms with van der Waals surface area (Å²) in [5.74, 6) is -0.192. The number of hydrogen-bond acceptors (Lipinski definition) is 5. The first-order valence-electron chi connectivity index (χ1n) is 12.1. The molecule has 0 atom stereocenters. The maximum absolute atomic E-state index is 13.5. The van der Waals surface area contributed by atoms with Gasteiger partial charge in [0.05, 0.1) is 11.5 Å². The molecule has 0 aliphatic carbocycles. The van der Waals surface area contributed by atoms with Crippen LogP contribution < -0.4 is 0 Å². The molecule has 38 heavy (non-hydrogen) atoms. The lowest BCUT2D eigenvalue weighted by Gasteiger charge is -2.24. The number of furan rings is 1. The van der Waals surface area contributed by atoms with Gasteiger partial charge in [-0.3, -0.25) is 0 Å². The zero-order chi connectivity index (χ0) is 26.3. The van der Waals surface area contributed by atoms with Crippen LogP contribution in [0.1, 0.15) is 17.3 Å². The number of carbonyl (C=O) groups excluding carboxylic acids is 1. The quantitative estimate of drug-likeness (QED) is 0.208. The molecule has 0 spiro atoms. The Morgan fingerprint density at radius 1 is 0.789 bits per heavy atom. The molecule has 1 heterocycles. The van der Waals surface area contributed by atoms with Gasteiger partial charge in [0.15, 0.2) is 0 Å². The van der Waals surface area contributed by atoms with E-state index in [2.05, 4.69) is 4.72 Å². The van der Waals surface area contributed by atoms with Gasteiger partial charge in [-0.15, -0.1) is 5.69 Å². The fourth-order valence-electron chi connectivity index (χ4n) is 4.68. The first kappa shape index (κ1) is 23.8. The molecule has 0 radical (unpaired) electrons. The Kier molecular flexibility index (Phi) is 5.85. The van der Waals surface area contributed by atoms with Gasteiger partial charge in [-0.25, -0.2) is 13.2 Å². The van der Waals surface area contributed by atoms with E-state index in [1.165, 1.54) is 0 Å². The van der Waals surface area contributed by atoms with Gasteiger partial charge in [0.25, 0.3) is 0 Å². The zero-order valence-corrected chi connectivity index (χ0v) is 21.2. The second kappa shape index (κ2) is 9.36. The molecule has 0 amide bonds. The molecule has 0 aliphatic heterocycles. The molecule has 0 saturated carbocycles. The maximum Gasteiger partial charge on any atom is 0.342 e. The lowest BCUT2D eigenvalue weighted by atomic mass is 10.0. The number of rotatable bonds is 6. The molecule has 6 aromatic rings. The SMILES string of the molecule is CCOC(=O)c1c(-c2ccccc2)oc2c1cc([N-]S(=O)(=O)c1ccc3ccccc3c1)c1ccccc12. The van der Waals surface area contributed by atoms with Crippen LogP contribution in [-0.4, -0.2) is 21.0 Å². The fourth-order valence-corrected chi connectivity index (χ4v) is 5.72. The van der Waals surface area contributed by atoms with Crippen LogP contribution >= 0.6 is 0 Å². The minimum atomic E-state index is -4.08. The molecule has 188 valence electrons. The summed E-state index contributed by atoms with van der Waals surface area (Å²) in [6.07, 6.45) is 0. The largest absolute Gasteiger partial charge is 0.572 e. The summed E-state index contributed by atoms with van der Waals surface area (Å²) in [6, 6.07) is 30.6. The second-order valence-electron chi connectivity index (χ2n) is 8.79. The van der Waals surface area contributed by atoms with E-state index in [-0.39, 0.29) is 22.8 Å². The summed E-state index contributed by atoms with van der Waals surface area (Å²) in [7, 11) is -4.08. The van der Waals surface area contributed by atoms with Gasteiger partial charge in [-0.1, -0.05) is 91.0 Å². The van der Waals surface area contributed by atoms with Crippen molar-refractivity contribution in [3.8, 4) is 11.3 Å². The fraction of sp³-hybridized carbons (Fsp3) is 0.0645. The summed E-state index contributed by atoms with van der Waals surface area (Å²) in [6.45, 7) is 1.91. The molecule has 0 N–H and O–H groups in total. The third-order valence-corrected chi connectivity index (χ3v) is 7.71. The highest BCUT2D eigenvalue weighted by molar-refractivity contribution is 7.94. The van der Waals surface area contributed by atoms with Crippen LogP contribution in [0.15, 0.2) is 112 Å². The number of fused-ring (bicyclic) bond motifs is 4. The van der Waals surface area contributed by atoms with Crippen LogP contribution in [-0.2, 0) is 14.8 Å². The van der Waals surface area contributed by atoms with E-state index >= 15 is 0 Å². The second-order valence-corrected chi connectivity index (χ2v) is 10.4. The molecule has 0 unspecified atom stereocenters. The van der Waals surface area contributed by atoms with Crippen LogP contribution in [0.3, 0.4) is 0 Å². The van der Waals surface area contributed by atoms with Crippen molar-refractivity contribution in [1.29, 1.82) is 0 Å². The number of nitrogens with zero attached hydrogens (tertiary/aromatic N) is 1. The summed E-state index contributed by atoms with van der Waals surface area (Å²) in [5.41, 5.74) is 1.62. The average Bonchev–Trinajstić information content (AvgIpc) is 3.33. The Morgan fingerprint density at radius 2 is 1.47 bits per heavy atom. The van der Waals surface area contributed by atoms with Crippen molar-refractivity contribution in [2.75, 3.05) is 6.61 Å². The Bertz CT molecular complexity index is 1940. The Hall–Kier alpha value is -4.62. The van der Waals surface area contributed by atoms with E-state index in [1.807, 2.05) is 72.8 Å². The van der Waals surface area contributed by atoms with Gasteiger partial charge < -0.3 is 13.9 Å². The minimum absolute atomic E-state index is 0.0863. The molecule has 5 aromatic carbocycles. The molecule has 6 rings (SSSR count). The van der Waals surface area contributed by atoms with Crippen molar-refractivity contribution in [1.82, 2.24) is 0 Å². The van der Waals surface area contributed by atoms with Crippen LogP contribution in [0.5, 0.6) is 0 Å². The number of sulfonamides is 1. The molecule has 0 fully saturated rings. The van der Waals surface area contributed by atoms with Gasteiger partial charge in [-0.2, -0.15) is 0 Å². The first-order valence-corrected chi connectivity index (χ1v) is 13.6. The first-order chi connectivity index (χ1) is 18.5. The van der Waals surface area contributed by atoms with Gasteiger partial charge in [0.2, 0.25) is 0 Å². The normalized spacial score (nSPS) is 11.7. The third-order valence-electron chi connectivity index (χ3n) is 6.43. The van der Waals surface area contributed by atoms with E-state index in [1.54, 1.807) is 37.3 Å². The van der Waals surface area contributed by atoms with Crippen molar-refractivity contribution in [2.45, 2.75) is 11.8 Å². The third kappa shape index (κ3) is 4.07. The molecule has 7 heteroatoms. The summed E-state index contributed by atoms with van der Waals surface area (Å²) >= 11 is 0.